The summed E-state index contributed by atoms with van der Waals surface area (Å²) in [4.78, 5) is 34.9. The predicted molar refractivity (Wildman–Crippen MR) is 111 cm³/mol. The van der Waals surface area contributed by atoms with Crippen molar-refractivity contribution in [2.75, 3.05) is 5.32 Å². The molecule has 7 nitrogen and oxygen atoms in total. The minimum atomic E-state index is -1.03. The molecule has 1 N–H and O–H groups in total. The number of carbonyl (C=O) groups is 2. The summed E-state index contributed by atoms with van der Waals surface area (Å²) in [5.41, 5.74) is 1.85. The van der Waals surface area contributed by atoms with Gasteiger partial charge in [0.2, 0.25) is 0 Å². The second-order valence-electron chi connectivity index (χ2n) is 6.61. The Bertz CT molecular complexity index is 923. The Morgan fingerprint density at radius 3 is 2.48 bits per heavy atom. The molecule has 0 bridgehead atoms. The lowest BCUT2D eigenvalue weighted by Crippen LogP contribution is -2.29. The lowest BCUT2D eigenvalue weighted by Gasteiger charge is -2.17. The van der Waals surface area contributed by atoms with Gasteiger partial charge in [0.05, 0.1) is 10.5 Å². The van der Waals surface area contributed by atoms with Crippen LogP contribution in [0.5, 0.6) is 0 Å². The van der Waals surface area contributed by atoms with E-state index < -0.39 is 22.9 Å². The van der Waals surface area contributed by atoms with Crippen molar-refractivity contribution >= 4 is 29.3 Å². The molecule has 0 aliphatic carbocycles. The van der Waals surface area contributed by atoms with Gasteiger partial charge < -0.3 is 10.1 Å². The van der Waals surface area contributed by atoms with E-state index >= 15 is 0 Å². The molecule has 2 aromatic rings. The number of anilines is 1. The first-order valence-corrected chi connectivity index (χ1v) is 9.35. The fraction of sp³-hybridized carbons (Fsp3) is 0.273. The first-order chi connectivity index (χ1) is 13.8. The van der Waals surface area contributed by atoms with Crippen LogP contribution in [0.4, 0.5) is 11.4 Å². The molecular formula is C22H24N2O5. The van der Waals surface area contributed by atoms with Crippen LogP contribution >= 0.6 is 0 Å². The van der Waals surface area contributed by atoms with Gasteiger partial charge in [0.25, 0.3) is 11.6 Å². The summed E-state index contributed by atoms with van der Waals surface area (Å²) < 4.78 is 5.13. The number of para-hydroxylation sites is 2. The van der Waals surface area contributed by atoms with Crippen molar-refractivity contribution in [2.45, 2.75) is 39.2 Å². The summed E-state index contributed by atoms with van der Waals surface area (Å²) in [5, 5.41) is 13.8. The molecule has 0 spiro atoms. The molecule has 0 radical (unpaired) electrons. The first-order valence-electron chi connectivity index (χ1n) is 9.35. The minimum absolute atomic E-state index is 0.121. The highest BCUT2D eigenvalue weighted by molar-refractivity contribution is 5.97. The SMILES string of the molecule is CC[C@H](C)c1ccccc1NC(=O)[C@H](C)OC(=O)/C=C/c1ccccc1[N+](=O)[O-]. The highest BCUT2D eigenvalue weighted by Gasteiger charge is 2.19. The largest absolute Gasteiger partial charge is 0.449 e. The van der Waals surface area contributed by atoms with E-state index in [2.05, 4.69) is 19.2 Å². The Morgan fingerprint density at radius 1 is 1.14 bits per heavy atom. The lowest BCUT2D eigenvalue weighted by atomic mass is 9.97. The van der Waals surface area contributed by atoms with E-state index in [1.54, 1.807) is 6.07 Å². The second kappa shape index (κ2) is 10.2. The van der Waals surface area contributed by atoms with Crippen molar-refractivity contribution in [3.05, 3.63) is 75.8 Å². The van der Waals surface area contributed by atoms with Crippen LogP contribution in [0.25, 0.3) is 6.08 Å². The molecule has 2 rings (SSSR count). The molecule has 0 fully saturated rings. The zero-order chi connectivity index (χ0) is 21.4. The number of nitro groups is 1. The minimum Gasteiger partial charge on any atom is -0.449 e. The average Bonchev–Trinajstić information content (AvgIpc) is 2.72. The van der Waals surface area contributed by atoms with E-state index in [4.69, 9.17) is 4.74 Å². The third-order valence-corrected chi connectivity index (χ3v) is 4.56. The van der Waals surface area contributed by atoms with Crippen molar-refractivity contribution in [3.8, 4) is 0 Å². The Balaban J connectivity index is 2.02. The molecule has 152 valence electrons. The number of amides is 1. The van der Waals surface area contributed by atoms with Crippen LogP contribution in [0.3, 0.4) is 0 Å². The molecular weight excluding hydrogens is 372 g/mol. The Kier molecular flexibility index (Phi) is 7.65. The maximum absolute atomic E-state index is 12.4. The van der Waals surface area contributed by atoms with E-state index in [0.717, 1.165) is 18.1 Å². The molecule has 0 unspecified atom stereocenters. The van der Waals surface area contributed by atoms with Gasteiger partial charge in [-0.25, -0.2) is 4.79 Å². The fourth-order valence-corrected chi connectivity index (χ4v) is 2.71. The molecule has 0 aromatic heterocycles. The molecule has 29 heavy (non-hydrogen) atoms. The van der Waals surface area contributed by atoms with Crippen LogP contribution in [0.15, 0.2) is 54.6 Å². The number of rotatable bonds is 8. The molecule has 0 saturated heterocycles. The number of carbonyl (C=O) groups excluding carboxylic acids is 2. The third-order valence-electron chi connectivity index (χ3n) is 4.56. The summed E-state index contributed by atoms with van der Waals surface area (Å²) in [6.45, 7) is 5.61. The second-order valence-corrected chi connectivity index (χ2v) is 6.61. The normalized spacial score (nSPS) is 12.9. The molecule has 0 saturated carbocycles. The number of hydrogen-bond acceptors (Lipinski definition) is 5. The summed E-state index contributed by atoms with van der Waals surface area (Å²) in [6, 6.07) is 13.5. The van der Waals surface area contributed by atoms with Crippen LogP contribution in [0.2, 0.25) is 0 Å². The molecule has 2 atom stereocenters. The van der Waals surface area contributed by atoms with Gasteiger partial charge in [-0.1, -0.05) is 44.2 Å². The van der Waals surface area contributed by atoms with Gasteiger partial charge in [-0.05, 0) is 43.0 Å². The highest BCUT2D eigenvalue weighted by atomic mass is 16.6. The summed E-state index contributed by atoms with van der Waals surface area (Å²) in [7, 11) is 0. The molecule has 1 amide bonds. The number of nitro benzene ring substituents is 1. The van der Waals surface area contributed by atoms with E-state index in [1.165, 1.54) is 31.2 Å². The van der Waals surface area contributed by atoms with Crippen molar-refractivity contribution in [3.63, 3.8) is 0 Å². The number of esters is 1. The summed E-state index contributed by atoms with van der Waals surface area (Å²) >= 11 is 0. The van der Waals surface area contributed by atoms with Crippen LogP contribution in [0, 0.1) is 10.1 Å². The highest BCUT2D eigenvalue weighted by Crippen LogP contribution is 2.26. The topological polar surface area (TPSA) is 98.5 Å². The number of ether oxygens (including phenoxy) is 1. The van der Waals surface area contributed by atoms with Gasteiger partial charge in [-0.3, -0.25) is 14.9 Å². The van der Waals surface area contributed by atoms with Gasteiger partial charge in [-0.15, -0.1) is 0 Å². The van der Waals surface area contributed by atoms with Crippen molar-refractivity contribution in [1.82, 2.24) is 0 Å². The van der Waals surface area contributed by atoms with Crippen LogP contribution in [-0.2, 0) is 14.3 Å². The number of nitrogens with zero attached hydrogens (tertiary/aromatic N) is 1. The van der Waals surface area contributed by atoms with E-state index in [1.807, 2.05) is 24.3 Å². The van der Waals surface area contributed by atoms with Crippen LogP contribution in [0.1, 0.15) is 44.2 Å². The van der Waals surface area contributed by atoms with Gasteiger partial charge >= 0.3 is 5.97 Å². The number of benzene rings is 2. The quantitative estimate of drug-likeness (QED) is 0.302. The van der Waals surface area contributed by atoms with Gasteiger partial charge in [-0.2, -0.15) is 0 Å². The van der Waals surface area contributed by atoms with E-state index in [-0.39, 0.29) is 17.2 Å². The van der Waals surface area contributed by atoms with Crippen LogP contribution in [-0.4, -0.2) is 22.9 Å². The van der Waals surface area contributed by atoms with Crippen molar-refractivity contribution in [1.29, 1.82) is 0 Å². The van der Waals surface area contributed by atoms with Crippen molar-refractivity contribution < 1.29 is 19.2 Å². The number of hydrogen-bond donors (Lipinski definition) is 1. The Labute approximate surface area is 169 Å². The molecule has 2 aromatic carbocycles. The third kappa shape index (κ3) is 6.00. The molecule has 7 heteroatoms. The zero-order valence-electron chi connectivity index (χ0n) is 16.6. The van der Waals surface area contributed by atoms with Crippen LogP contribution < -0.4 is 5.32 Å². The van der Waals surface area contributed by atoms with E-state index in [0.29, 0.717) is 5.69 Å². The maximum Gasteiger partial charge on any atom is 0.331 e. The Hall–Kier alpha value is -3.48. The fourth-order valence-electron chi connectivity index (χ4n) is 2.71. The van der Waals surface area contributed by atoms with Gasteiger partial charge in [0, 0.05) is 17.8 Å². The van der Waals surface area contributed by atoms with E-state index in [9.17, 15) is 19.7 Å². The summed E-state index contributed by atoms with van der Waals surface area (Å²) in [5.74, 6) is -0.942. The predicted octanol–water partition coefficient (Wildman–Crippen LogP) is 4.69. The summed E-state index contributed by atoms with van der Waals surface area (Å²) in [6.07, 6.45) is 2.26. The molecule has 0 aliphatic heterocycles. The van der Waals surface area contributed by atoms with Gasteiger partial charge in [0.15, 0.2) is 6.10 Å². The lowest BCUT2D eigenvalue weighted by molar-refractivity contribution is -0.385. The maximum atomic E-state index is 12.4. The molecule has 0 heterocycles. The molecule has 0 aliphatic rings. The monoisotopic (exact) mass is 396 g/mol. The zero-order valence-corrected chi connectivity index (χ0v) is 16.6. The van der Waals surface area contributed by atoms with Crippen molar-refractivity contribution in [2.24, 2.45) is 0 Å². The Morgan fingerprint density at radius 2 is 1.79 bits per heavy atom. The average molecular weight is 396 g/mol. The first kappa shape index (κ1) is 21.8. The number of nitrogens with one attached hydrogen (secondary N) is 1. The van der Waals surface area contributed by atoms with Gasteiger partial charge in [0.1, 0.15) is 0 Å². The smallest absolute Gasteiger partial charge is 0.331 e. The standard InChI is InChI=1S/C22H24N2O5/c1-4-15(2)18-10-6-7-11-19(18)23-22(26)16(3)29-21(25)14-13-17-9-5-8-12-20(17)24(27)28/h5-16H,4H2,1-3H3,(H,23,26)/b14-13+/t15-,16-/m0/s1.